The summed E-state index contributed by atoms with van der Waals surface area (Å²) >= 11 is 12.4. The molecule has 2 N–H and O–H groups in total. The van der Waals surface area contributed by atoms with Crippen molar-refractivity contribution in [3.8, 4) is 11.1 Å². The van der Waals surface area contributed by atoms with Crippen LogP contribution >= 0.6 is 23.2 Å². The molecule has 21 heavy (non-hydrogen) atoms. The Morgan fingerprint density at radius 1 is 1.14 bits per heavy atom. The van der Waals surface area contributed by atoms with Crippen LogP contribution in [0.4, 0.5) is 11.8 Å². The third-order valence-corrected chi connectivity index (χ3v) is 4.16. The van der Waals surface area contributed by atoms with Crippen molar-refractivity contribution in [1.82, 2.24) is 9.97 Å². The molecule has 1 saturated heterocycles. The molecule has 0 amide bonds. The van der Waals surface area contributed by atoms with Crippen LogP contribution in [-0.2, 0) is 4.74 Å². The molecular weight excluding hydrogens is 311 g/mol. The van der Waals surface area contributed by atoms with Crippen LogP contribution in [0.25, 0.3) is 11.1 Å². The number of nitrogen functional groups attached to an aromatic ring is 1. The molecule has 0 spiro atoms. The molecule has 1 aliphatic rings. The number of hydrogen-bond donors (Lipinski definition) is 1. The smallest absolute Gasteiger partial charge is 0.221 e. The van der Waals surface area contributed by atoms with Crippen LogP contribution in [0.3, 0.4) is 0 Å². The van der Waals surface area contributed by atoms with Crippen LogP contribution in [0, 0.1) is 0 Å². The van der Waals surface area contributed by atoms with E-state index in [0.29, 0.717) is 23.3 Å². The lowest BCUT2D eigenvalue weighted by atomic mass is 10.1. The van der Waals surface area contributed by atoms with Crippen LogP contribution in [0.15, 0.2) is 24.4 Å². The summed E-state index contributed by atoms with van der Waals surface area (Å²) in [4.78, 5) is 10.6. The molecule has 3 rings (SSSR count). The van der Waals surface area contributed by atoms with Gasteiger partial charge in [0.25, 0.3) is 0 Å². The summed E-state index contributed by atoms with van der Waals surface area (Å²) in [5, 5.41) is 0.987. The number of nitrogens with zero attached hydrogens (tertiary/aromatic N) is 3. The first-order valence-electron chi connectivity index (χ1n) is 6.56. The summed E-state index contributed by atoms with van der Waals surface area (Å²) in [6.07, 6.45) is 1.69. The van der Waals surface area contributed by atoms with Gasteiger partial charge in [0, 0.05) is 30.4 Å². The summed E-state index contributed by atoms with van der Waals surface area (Å²) in [6.45, 7) is 2.82. The van der Waals surface area contributed by atoms with E-state index in [1.54, 1.807) is 12.3 Å². The molecule has 0 aliphatic carbocycles. The van der Waals surface area contributed by atoms with Crippen molar-refractivity contribution in [2.45, 2.75) is 0 Å². The van der Waals surface area contributed by atoms with Crippen molar-refractivity contribution in [2.24, 2.45) is 0 Å². The molecular formula is C14H14Cl2N4O. The van der Waals surface area contributed by atoms with Gasteiger partial charge >= 0.3 is 0 Å². The minimum atomic E-state index is 0.235. The first-order chi connectivity index (χ1) is 10.2. The Labute approximate surface area is 132 Å². The molecule has 1 fully saturated rings. The Morgan fingerprint density at radius 3 is 2.67 bits per heavy atom. The van der Waals surface area contributed by atoms with Crippen LogP contribution in [0.1, 0.15) is 0 Å². The van der Waals surface area contributed by atoms with Crippen LogP contribution in [-0.4, -0.2) is 36.3 Å². The molecule has 2 heterocycles. The molecule has 7 heteroatoms. The Bertz CT molecular complexity index is 659. The van der Waals surface area contributed by atoms with Crippen molar-refractivity contribution in [2.75, 3.05) is 36.9 Å². The van der Waals surface area contributed by atoms with Gasteiger partial charge in [-0.25, -0.2) is 4.98 Å². The van der Waals surface area contributed by atoms with Gasteiger partial charge in [-0.3, -0.25) is 0 Å². The second-order valence-corrected chi connectivity index (χ2v) is 5.45. The Balaban J connectivity index is 2.11. The average Bonchev–Trinajstić information content (AvgIpc) is 2.51. The number of rotatable bonds is 2. The lowest BCUT2D eigenvalue weighted by Gasteiger charge is -2.29. The summed E-state index contributed by atoms with van der Waals surface area (Å²) < 4.78 is 5.38. The summed E-state index contributed by atoms with van der Waals surface area (Å²) in [6, 6.07) is 5.50. The van der Waals surface area contributed by atoms with E-state index in [-0.39, 0.29) is 5.95 Å². The Hall–Kier alpha value is -1.56. The maximum Gasteiger partial charge on any atom is 0.221 e. The highest BCUT2D eigenvalue weighted by molar-refractivity contribution is 6.43. The Kier molecular flexibility index (Phi) is 4.14. The fourth-order valence-corrected chi connectivity index (χ4v) is 2.71. The summed E-state index contributed by atoms with van der Waals surface area (Å²) in [5.41, 5.74) is 7.36. The van der Waals surface area contributed by atoms with Gasteiger partial charge in [0.05, 0.1) is 23.3 Å². The van der Waals surface area contributed by atoms with E-state index in [9.17, 15) is 0 Å². The van der Waals surface area contributed by atoms with E-state index in [2.05, 4.69) is 14.9 Å². The van der Waals surface area contributed by atoms with Gasteiger partial charge in [-0.15, -0.1) is 0 Å². The molecule has 110 valence electrons. The lowest BCUT2D eigenvalue weighted by molar-refractivity contribution is 0.122. The van der Waals surface area contributed by atoms with Gasteiger partial charge in [0.1, 0.15) is 5.82 Å². The van der Waals surface area contributed by atoms with Crippen molar-refractivity contribution in [1.29, 1.82) is 0 Å². The van der Waals surface area contributed by atoms with Gasteiger partial charge in [-0.2, -0.15) is 4.98 Å². The molecule has 0 bridgehead atoms. The minimum Gasteiger partial charge on any atom is -0.378 e. The molecule has 2 aromatic rings. The highest BCUT2D eigenvalue weighted by Gasteiger charge is 2.20. The quantitative estimate of drug-likeness (QED) is 0.920. The lowest BCUT2D eigenvalue weighted by Crippen LogP contribution is -2.37. The van der Waals surface area contributed by atoms with E-state index in [1.807, 2.05) is 12.1 Å². The zero-order valence-corrected chi connectivity index (χ0v) is 12.7. The number of aromatic nitrogens is 2. The van der Waals surface area contributed by atoms with Crippen LogP contribution in [0.2, 0.25) is 10.0 Å². The van der Waals surface area contributed by atoms with Gasteiger partial charge in [-0.1, -0.05) is 35.3 Å². The molecule has 1 aromatic carbocycles. The van der Waals surface area contributed by atoms with Crippen molar-refractivity contribution in [3.63, 3.8) is 0 Å². The molecule has 1 aromatic heterocycles. The number of anilines is 2. The van der Waals surface area contributed by atoms with E-state index < -0.39 is 0 Å². The van der Waals surface area contributed by atoms with Crippen molar-refractivity contribution >= 4 is 35.0 Å². The number of halogens is 2. The fourth-order valence-electron chi connectivity index (χ4n) is 2.30. The van der Waals surface area contributed by atoms with Gasteiger partial charge in [-0.05, 0) is 6.07 Å². The maximum absolute atomic E-state index is 6.32. The number of benzene rings is 1. The second-order valence-electron chi connectivity index (χ2n) is 4.67. The van der Waals surface area contributed by atoms with Crippen molar-refractivity contribution in [3.05, 3.63) is 34.4 Å². The number of morpholine rings is 1. The highest BCUT2D eigenvalue weighted by Crippen LogP contribution is 2.37. The predicted octanol–water partition coefficient (Wildman–Crippen LogP) is 2.87. The van der Waals surface area contributed by atoms with Gasteiger partial charge in [0.15, 0.2) is 0 Å². The largest absolute Gasteiger partial charge is 0.378 e. The number of hydrogen-bond acceptors (Lipinski definition) is 5. The number of ether oxygens (including phenoxy) is 1. The monoisotopic (exact) mass is 324 g/mol. The first-order valence-corrected chi connectivity index (χ1v) is 7.32. The number of nitrogens with two attached hydrogens (primary N) is 1. The molecule has 5 nitrogen and oxygen atoms in total. The van der Waals surface area contributed by atoms with Crippen LogP contribution in [0.5, 0.6) is 0 Å². The van der Waals surface area contributed by atoms with Gasteiger partial charge < -0.3 is 15.4 Å². The van der Waals surface area contributed by atoms with E-state index in [1.165, 1.54) is 0 Å². The fraction of sp³-hybridized carbons (Fsp3) is 0.286. The summed E-state index contributed by atoms with van der Waals surface area (Å²) in [7, 11) is 0. The predicted molar refractivity (Wildman–Crippen MR) is 84.9 cm³/mol. The zero-order chi connectivity index (χ0) is 14.8. The minimum absolute atomic E-state index is 0.235. The molecule has 0 unspecified atom stereocenters. The Morgan fingerprint density at radius 2 is 1.90 bits per heavy atom. The average molecular weight is 325 g/mol. The maximum atomic E-state index is 6.32. The standard InChI is InChI=1S/C14H14Cl2N4O/c15-11-3-1-2-9(12(11)16)10-8-18-14(17)19-13(10)20-4-6-21-7-5-20/h1-3,8H,4-7H2,(H2,17,18,19). The van der Waals surface area contributed by atoms with Crippen molar-refractivity contribution < 1.29 is 4.74 Å². The SMILES string of the molecule is Nc1ncc(-c2cccc(Cl)c2Cl)c(N2CCOCC2)n1. The molecule has 0 radical (unpaired) electrons. The normalized spacial score (nSPS) is 15.2. The zero-order valence-electron chi connectivity index (χ0n) is 11.2. The third kappa shape index (κ3) is 2.90. The molecule has 0 atom stereocenters. The van der Waals surface area contributed by atoms with Gasteiger partial charge in [0.2, 0.25) is 5.95 Å². The molecule has 0 saturated carbocycles. The van der Waals surface area contributed by atoms with Crippen LogP contribution < -0.4 is 10.6 Å². The third-order valence-electron chi connectivity index (χ3n) is 3.34. The van der Waals surface area contributed by atoms with E-state index in [4.69, 9.17) is 33.7 Å². The highest BCUT2D eigenvalue weighted by atomic mass is 35.5. The molecule has 1 aliphatic heterocycles. The first kappa shape index (κ1) is 14.4. The second kappa shape index (κ2) is 6.05. The van der Waals surface area contributed by atoms with E-state index >= 15 is 0 Å². The summed E-state index contributed by atoms with van der Waals surface area (Å²) in [5.74, 6) is 0.994. The van der Waals surface area contributed by atoms with E-state index in [0.717, 1.165) is 30.0 Å². The topological polar surface area (TPSA) is 64.3 Å².